The maximum Gasteiger partial charge on any atom is 0.0693 e. The van der Waals surface area contributed by atoms with Crippen LogP contribution in [0.1, 0.15) is 46.0 Å². The number of rotatable bonds is 4. The lowest BCUT2D eigenvalue weighted by molar-refractivity contribution is 0.143. The first-order valence-electron chi connectivity index (χ1n) is 6.05. The fourth-order valence-corrected chi connectivity index (χ4v) is 2.63. The van der Waals surface area contributed by atoms with Gasteiger partial charge in [-0.05, 0) is 43.4 Å². The Kier molecular flexibility index (Phi) is 2.85. The van der Waals surface area contributed by atoms with Crippen molar-refractivity contribution in [1.82, 2.24) is 5.32 Å². The van der Waals surface area contributed by atoms with Gasteiger partial charge in [0.05, 0.1) is 6.10 Å². The van der Waals surface area contributed by atoms with Crippen LogP contribution in [0.3, 0.4) is 0 Å². The maximum absolute atomic E-state index is 9.68. The van der Waals surface area contributed by atoms with E-state index in [9.17, 15) is 5.11 Å². The van der Waals surface area contributed by atoms with Crippen molar-refractivity contribution in [2.24, 2.45) is 11.3 Å². The summed E-state index contributed by atoms with van der Waals surface area (Å²) in [6.07, 6.45) is 6.01. The number of aliphatic hydroxyl groups is 1. The van der Waals surface area contributed by atoms with Crippen LogP contribution in [-0.4, -0.2) is 23.8 Å². The molecule has 0 aromatic carbocycles. The predicted molar refractivity (Wildman–Crippen MR) is 58.2 cm³/mol. The molecular weight excluding hydrogens is 174 g/mol. The Labute approximate surface area is 87.1 Å². The summed E-state index contributed by atoms with van der Waals surface area (Å²) in [5.41, 5.74) is 0.572. The molecule has 0 aromatic rings. The number of aliphatic hydroxyl groups excluding tert-OH is 1. The van der Waals surface area contributed by atoms with Crippen LogP contribution in [-0.2, 0) is 0 Å². The quantitative estimate of drug-likeness (QED) is 0.721. The van der Waals surface area contributed by atoms with E-state index in [1.54, 1.807) is 0 Å². The summed E-state index contributed by atoms with van der Waals surface area (Å²) < 4.78 is 0. The molecular formula is C12H23NO. The van der Waals surface area contributed by atoms with E-state index in [0.717, 1.165) is 25.3 Å². The van der Waals surface area contributed by atoms with E-state index in [4.69, 9.17) is 0 Å². The first-order chi connectivity index (χ1) is 6.64. The van der Waals surface area contributed by atoms with Crippen molar-refractivity contribution in [2.75, 3.05) is 6.54 Å². The van der Waals surface area contributed by atoms with E-state index in [0.29, 0.717) is 11.5 Å². The molecule has 2 N–H and O–H groups in total. The summed E-state index contributed by atoms with van der Waals surface area (Å²) in [7, 11) is 0. The van der Waals surface area contributed by atoms with E-state index in [1.807, 2.05) is 0 Å². The molecule has 2 atom stereocenters. The zero-order valence-corrected chi connectivity index (χ0v) is 9.42. The van der Waals surface area contributed by atoms with Crippen LogP contribution in [0.4, 0.5) is 0 Å². The second kappa shape index (κ2) is 3.82. The third kappa shape index (κ3) is 1.96. The minimum Gasteiger partial charge on any atom is -0.392 e. The molecule has 0 aliphatic heterocycles. The van der Waals surface area contributed by atoms with Crippen LogP contribution in [0.25, 0.3) is 0 Å². The van der Waals surface area contributed by atoms with Crippen molar-refractivity contribution in [3.63, 3.8) is 0 Å². The lowest BCUT2D eigenvalue weighted by Crippen LogP contribution is -2.40. The molecule has 2 saturated carbocycles. The molecule has 2 heteroatoms. The highest BCUT2D eigenvalue weighted by molar-refractivity contribution is 4.98. The van der Waals surface area contributed by atoms with Crippen molar-refractivity contribution in [1.29, 1.82) is 0 Å². The largest absolute Gasteiger partial charge is 0.392 e. The number of nitrogens with one attached hydrogen (secondary N) is 1. The van der Waals surface area contributed by atoms with E-state index in [2.05, 4.69) is 19.2 Å². The maximum atomic E-state index is 9.68. The van der Waals surface area contributed by atoms with Crippen LogP contribution in [0, 0.1) is 11.3 Å². The van der Waals surface area contributed by atoms with Crippen molar-refractivity contribution in [3.05, 3.63) is 0 Å². The van der Waals surface area contributed by atoms with E-state index < -0.39 is 0 Å². The molecule has 2 aliphatic rings. The second-order valence-electron chi connectivity index (χ2n) is 5.50. The van der Waals surface area contributed by atoms with E-state index in [-0.39, 0.29) is 6.10 Å². The zero-order valence-electron chi connectivity index (χ0n) is 9.42. The highest BCUT2D eigenvalue weighted by atomic mass is 16.3. The van der Waals surface area contributed by atoms with Gasteiger partial charge in [-0.3, -0.25) is 0 Å². The Morgan fingerprint density at radius 2 is 2.07 bits per heavy atom. The molecule has 82 valence electrons. The topological polar surface area (TPSA) is 32.3 Å². The molecule has 0 saturated heterocycles. The van der Waals surface area contributed by atoms with Crippen LogP contribution in [0.2, 0.25) is 0 Å². The Balaban J connectivity index is 1.77. The van der Waals surface area contributed by atoms with Crippen molar-refractivity contribution < 1.29 is 5.11 Å². The SMILES string of the molecule is CC(C)C1(CN[C@H]2CCC[C@@H]2O)CC1. The molecule has 0 bridgehead atoms. The standard InChI is InChI=1S/C12H23NO/c1-9(2)12(6-7-12)8-13-10-4-3-5-11(10)14/h9-11,13-14H,3-8H2,1-2H3/t10-,11-/m0/s1. The summed E-state index contributed by atoms with van der Waals surface area (Å²) in [6.45, 7) is 5.76. The molecule has 0 amide bonds. The molecule has 0 heterocycles. The number of hydrogen-bond acceptors (Lipinski definition) is 2. The summed E-state index contributed by atoms with van der Waals surface area (Å²) in [4.78, 5) is 0. The lowest BCUT2D eigenvalue weighted by atomic mass is 9.92. The first-order valence-corrected chi connectivity index (χ1v) is 6.05. The average Bonchev–Trinajstić information content (AvgIpc) is 2.83. The highest BCUT2D eigenvalue weighted by Gasteiger charge is 2.45. The third-order valence-electron chi connectivity index (χ3n) is 4.31. The number of hydrogen-bond donors (Lipinski definition) is 2. The minimum atomic E-state index is -0.0852. The molecule has 2 rings (SSSR count). The molecule has 0 radical (unpaired) electrons. The molecule has 0 unspecified atom stereocenters. The van der Waals surface area contributed by atoms with Gasteiger partial charge in [0.2, 0.25) is 0 Å². The van der Waals surface area contributed by atoms with Crippen molar-refractivity contribution in [2.45, 2.75) is 58.1 Å². The summed E-state index contributed by atoms with van der Waals surface area (Å²) in [5.74, 6) is 0.786. The lowest BCUT2D eigenvalue weighted by Gasteiger charge is -2.24. The summed E-state index contributed by atoms with van der Waals surface area (Å²) in [5, 5.41) is 13.2. The van der Waals surface area contributed by atoms with Gasteiger partial charge in [-0.2, -0.15) is 0 Å². The van der Waals surface area contributed by atoms with Gasteiger partial charge in [0.25, 0.3) is 0 Å². The predicted octanol–water partition coefficient (Wildman–Crippen LogP) is 1.93. The average molecular weight is 197 g/mol. The van der Waals surface area contributed by atoms with Crippen LogP contribution >= 0.6 is 0 Å². The fourth-order valence-electron chi connectivity index (χ4n) is 2.63. The second-order valence-corrected chi connectivity index (χ2v) is 5.50. The van der Waals surface area contributed by atoms with Crippen LogP contribution in [0.15, 0.2) is 0 Å². The monoisotopic (exact) mass is 197 g/mol. The van der Waals surface area contributed by atoms with Crippen molar-refractivity contribution >= 4 is 0 Å². The Morgan fingerprint density at radius 3 is 2.50 bits per heavy atom. The molecule has 14 heavy (non-hydrogen) atoms. The highest BCUT2D eigenvalue weighted by Crippen LogP contribution is 2.51. The van der Waals surface area contributed by atoms with Gasteiger partial charge >= 0.3 is 0 Å². The minimum absolute atomic E-state index is 0.0852. The van der Waals surface area contributed by atoms with Gasteiger partial charge in [-0.25, -0.2) is 0 Å². The molecule has 2 aliphatic carbocycles. The van der Waals surface area contributed by atoms with Gasteiger partial charge in [-0.15, -0.1) is 0 Å². The van der Waals surface area contributed by atoms with Gasteiger partial charge in [0.15, 0.2) is 0 Å². The van der Waals surface area contributed by atoms with Crippen LogP contribution < -0.4 is 5.32 Å². The van der Waals surface area contributed by atoms with Crippen molar-refractivity contribution in [3.8, 4) is 0 Å². The zero-order chi connectivity index (χ0) is 10.2. The third-order valence-corrected chi connectivity index (χ3v) is 4.31. The van der Waals surface area contributed by atoms with E-state index in [1.165, 1.54) is 19.3 Å². The molecule has 0 spiro atoms. The van der Waals surface area contributed by atoms with E-state index >= 15 is 0 Å². The van der Waals surface area contributed by atoms with Gasteiger partial charge in [0.1, 0.15) is 0 Å². The fraction of sp³-hybridized carbons (Fsp3) is 1.00. The van der Waals surface area contributed by atoms with Gasteiger partial charge in [-0.1, -0.05) is 13.8 Å². The van der Waals surface area contributed by atoms with Gasteiger partial charge in [0, 0.05) is 12.6 Å². The smallest absolute Gasteiger partial charge is 0.0693 e. The molecule has 2 fully saturated rings. The summed E-state index contributed by atoms with van der Waals surface area (Å²) in [6, 6.07) is 0.381. The molecule has 0 aromatic heterocycles. The van der Waals surface area contributed by atoms with Gasteiger partial charge < -0.3 is 10.4 Å². The Bertz CT molecular complexity index is 198. The van der Waals surface area contributed by atoms with Crippen LogP contribution in [0.5, 0.6) is 0 Å². The first kappa shape index (κ1) is 10.4. The normalized spacial score (nSPS) is 35.1. The summed E-state index contributed by atoms with van der Waals surface area (Å²) >= 11 is 0. The Morgan fingerprint density at radius 1 is 1.36 bits per heavy atom. The Hall–Kier alpha value is -0.0800. The molecule has 2 nitrogen and oxygen atoms in total.